The van der Waals surface area contributed by atoms with Gasteiger partial charge in [0.05, 0.1) is 17.2 Å². The Hall–Kier alpha value is -2.83. The standard InChI is InChI=1S/C21H28N6O/c1-15(2)27-14-17(12-23-27)11-22-21(28)26-9-5-6-16(13-26)10-20-24-18-7-3-4-8-19(18)25-20/h3-4,7-8,12,14-16H,5-6,9-11,13H2,1-2H3,(H,22,28)(H,24,25)/t16-/m1/s1. The molecular formula is C21H28N6O. The molecule has 0 bridgehead atoms. The first-order chi connectivity index (χ1) is 13.6. The Bertz CT molecular complexity index is 910. The monoisotopic (exact) mass is 380 g/mol. The average molecular weight is 380 g/mol. The third-order valence-corrected chi connectivity index (χ3v) is 5.35. The number of imidazole rings is 1. The highest BCUT2D eigenvalue weighted by molar-refractivity contribution is 5.75. The second kappa shape index (κ2) is 8.04. The Balaban J connectivity index is 1.31. The quantitative estimate of drug-likeness (QED) is 0.711. The van der Waals surface area contributed by atoms with Crippen LogP contribution in [0.25, 0.3) is 11.0 Å². The Labute approximate surface area is 165 Å². The van der Waals surface area contributed by atoms with Gasteiger partial charge < -0.3 is 15.2 Å². The van der Waals surface area contributed by atoms with Crippen molar-refractivity contribution in [2.75, 3.05) is 13.1 Å². The van der Waals surface area contributed by atoms with Crippen LogP contribution in [0.1, 0.15) is 44.1 Å². The number of fused-ring (bicyclic) bond motifs is 1. The molecule has 1 atom stereocenters. The number of piperidine rings is 1. The molecule has 7 nitrogen and oxygen atoms in total. The van der Waals surface area contributed by atoms with Gasteiger partial charge in [-0.1, -0.05) is 12.1 Å². The van der Waals surface area contributed by atoms with Crippen molar-refractivity contribution in [1.82, 2.24) is 30.0 Å². The van der Waals surface area contributed by atoms with Crippen molar-refractivity contribution in [2.24, 2.45) is 5.92 Å². The number of urea groups is 1. The number of hydrogen-bond acceptors (Lipinski definition) is 3. The molecule has 2 N–H and O–H groups in total. The summed E-state index contributed by atoms with van der Waals surface area (Å²) in [4.78, 5) is 22.6. The van der Waals surface area contributed by atoms with Crippen LogP contribution >= 0.6 is 0 Å². The van der Waals surface area contributed by atoms with Gasteiger partial charge in [0.2, 0.25) is 0 Å². The van der Waals surface area contributed by atoms with Crippen molar-refractivity contribution in [3.8, 4) is 0 Å². The Morgan fingerprint density at radius 1 is 1.36 bits per heavy atom. The minimum Gasteiger partial charge on any atom is -0.342 e. The predicted molar refractivity (Wildman–Crippen MR) is 109 cm³/mol. The number of amides is 2. The maximum atomic E-state index is 12.6. The predicted octanol–water partition coefficient (Wildman–Crippen LogP) is 3.50. The summed E-state index contributed by atoms with van der Waals surface area (Å²) in [7, 11) is 0. The Kier molecular flexibility index (Phi) is 5.32. The van der Waals surface area contributed by atoms with Crippen LogP contribution in [0.3, 0.4) is 0 Å². The molecule has 3 aromatic rings. The number of nitrogens with one attached hydrogen (secondary N) is 2. The number of rotatable bonds is 5. The number of aromatic amines is 1. The molecule has 0 radical (unpaired) electrons. The summed E-state index contributed by atoms with van der Waals surface area (Å²) in [5.41, 5.74) is 3.10. The van der Waals surface area contributed by atoms with Crippen molar-refractivity contribution in [1.29, 1.82) is 0 Å². The molecule has 1 aliphatic rings. The summed E-state index contributed by atoms with van der Waals surface area (Å²) in [6, 6.07) is 8.43. The third-order valence-electron chi connectivity index (χ3n) is 5.35. The van der Waals surface area contributed by atoms with Crippen LogP contribution in [0.4, 0.5) is 4.79 Å². The molecule has 28 heavy (non-hydrogen) atoms. The second-order valence-corrected chi connectivity index (χ2v) is 7.94. The van der Waals surface area contributed by atoms with Crippen LogP contribution < -0.4 is 5.32 Å². The minimum absolute atomic E-state index is 0.00611. The Morgan fingerprint density at radius 3 is 3.00 bits per heavy atom. The van der Waals surface area contributed by atoms with Crippen LogP contribution in [0, 0.1) is 5.92 Å². The minimum atomic E-state index is 0.00611. The number of para-hydroxylation sites is 2. The molecule has 2 amide bonds. The molecule has 0 saturated carbocycles. The van der Waals surface area contributed by atoms with Gasteiger partial charge >= 0.3 is 6.03 Å². The summed E-state index contributed by atoms with van der Waals surface area (Å²) in [5, 5.41) is 7.36. The molecule has 1 saturated heterocycles. The molecule has 148 valence electrons. The highest BCUT2D eigenvalue weighted by Gasteiger charge is 2.24. The van der Waals surface area contributed by atoms with Crippen molar-refractivity contribution in [3.63, 3.8) is 0 Å². The lowest BCUT2D eigenvalue weighted by Gasteiger charge is -2.32. The summed E-state index contributed by atoms with van der Waals surface area (Å²) in [6.07, 6.45) is 6.84. The molecule has 7 heteroatoms. The first-order valence-corrected chi connectivity index (χ1v) is 10.1. The van der Waals surface area contributed by atoms with Gasteiger partial charge in [-0.3, -0.25) is 4.68 Å². The van der Waals surface area contributed by atoms with Crippen LogP contribution in [0.5, 0.6) is 0 Å². The molecule has 1 fully saturated rings. The van der Waals surface area contributed by atoms with Gasteiger partial charge in [-0.25, -0.2) is 9.78 Å². The maximum absolute atomic E-state index is 12.6. The normalized spacial score (nSPS) is 17.4. The van der Waals surface area contributed by atoms with E-state index >= 15 is 0 Å². The van der Waals surface area contributed by atoms with Crippen molar-refractivity contribution >= 4 is 17.1 Å². The van der Waals surface area contributed by atoms with E-state index in [1.165, 1.54) is 0 Å². The van der Waals surface area contributed by atoms with E-state index in [4.69, 9.17) is 0 Å². The Morgan fingerprint density at radius 2 is 2.21 bits per heavy atom. The number of likely N-dealkylation sites (tertiary alicyclic amines) is 1. The fraction of sp³-hybridized carbons (Fsp3) is 0.476. The van der Waals surface area contributed by atoms with Gasteiger partial charge in [-0.2, -0.15) is 5.10 Å². The van der Waals surface area contributed by atoms with E-state index in [9.17, 15) is 4.79 Å². The molecule has 0 unspecified atom stereocenters. The number of aromatic nitrogens is 4. The van der Waals surface area contributed by atoms with Gasteiger partial charge in [0.25, 0.3) is 0 Å². The van der Waals surface area contributed by atoms with Crippen molar-refractivity contribution < 1.29 is 4.79 Å². The molecule has 3 heterocycles. The molecule has 4 rings (SSSR count). The van der Waals surface area contributed by atoms with Gasteiger partial charge in [-0.15, -0.1) is 0 Å². The summed E-state index contributed by atoms with van der Waals surface area (Å²) < 4.78 is 1.91. The first-order valence-electron chi connectivity index (χ1n) is 10.1. The lowest BCUT2D eigenvalue weighted by Crippen LogP contribution is -2.45. The maximum Gasteiger partial charge on any atom is 0.317 e. The number of benzene rings is 1. The lowest BCUT2D eigenvalue weighted by molar-refractivity contribution is 0.164. The van der Waals surface area contributed by atoms with Crippen LogP contribution in [0.15, 0.2) is 36.7 Å². The zero-order valence-corrected chi connectivity index (χ0v) is 16.6. The fourth-order valence-electron chi connectivity index (χ4n) is 3.83. The molecule has 0 aliphatic carbocycles. The van der Waals surface area contributed by atoms with Gasteiger partial charge in [-0.05, 0) is 44.7 Å². The summed E-state index contributed by atoms with van der Waals surface area (Å²) >= 11 is 0. The molecule has 1 aromatic carbocycles. The van der Waals surface area contributed by atoms with E-state index in [2.05, 4.69) is 34.2 Å². The molecular weight excluding hydrogens is 352 g/mol. The van der Waals surface area contributed by atoms with E-state index in [0.717, 1.165) is 54.8 Å². The second-order valence-electron chi connectivity index (χ2n) is 7.94. The number of nitrogens with zero attached hydrogens (tertiary/aromatic N) is 4. The molecule has 1 aliphatic heterocycles. The van der Waals surface area contributed by atoms with Gasteiger partial charge in [0.15, 0.2) is 0 Å². The zero-order chi connectivity index (χ0) is 19.5. The highest BCUT2D eigenvalue weighted by Crippen LogP contribution is 2.21. The summed E-state index contributed by atoms with van der Waals surface area (Å²) in [6.45, 7) is 6.27. The van der Waals surface area contributed by atoms with E-state index in [1.807, 2.05) is 46.2 Å². The van der Waals surface area contributed by atoms with Crippen molar-refractivity contribution in [2.45, 2.75) is 45.7 Å². The largest absolute Gasteiger partial charge is 0.342 e. The number of carbonyl (C=O) groups is 1. The van der Waals surface area contributed by atoms with E-state index in [0.29, 0.717) is 18.5 Å². The molecule has 0 spiro atoms. The van der Waals surface area contributed by atoms with Crippen LogP contribution in [-0.2, 0) is 13.0 Å². The average Bonchev–Trinajstić information content (AvgIpc) is 3.32. The van der Waals surface area contributed by atoms with Gasteiger partial charge in [0, 0.05) is 43.9 Å². The van der Waals surface area contributed by atoms with Crippen LogP contribution in [-0.4, -0.2) is 43.8 Å². The van der Waals surface area contributed by atoms with Crippen molar-refractivity contribution in [3.05, 3.63) is 48.0 Å². The number of H-pyrrole nitrogens is 1. The van der Waals surface area contributed by atoms with Crippen LogP contribution in [0.2, 0.25) is 0 Å². The van der Waals surface area contributed by atoms with E-state index in [1.54, 1.807) is 0 Å². The summed E-state index contributed by atoms with van der Waals surface area (Å²) in [5.74, 6) is 1.44. The van der Waals surface area contributed by atoms with E-state index in [-0.39, 0.29) is 6.03 Å². The third kappa shape index (κ3) is 4.18. The number of hydrogen-bond donors (Lipinski definition) is 2. The first kappa shape index (κ1) is 18.5. The smallest absolute Gasteiger partial charge is 0.317 e. The zero-order valence-electron chi connectivity index (χ0n) is 16.6. The molecule has 2 aromatic heterocycles. The SMILES string of the molecule is CC(C)n1cc(CNC(=O)N2CCC[C@H](Cc3nc4ccccc4[nH]3)C2)cn1. The van der Waals surface area contributed by atoms with Gasteiger partial charge in [0.1, 0.15) is 5.82 Å². The van der Waals surface area contributed by atoms with E-state index < -0.39 is 0 Å². The highest BCUT2D eigenvalue weighted by atomic mass is 16.2. The fourth-order valence-corrected chi connectivity index (χ4v) is 3.83. The topological polar surface area (TPSA) is 78.8 Å². The number of carbonyl (C=O) groups excluding carboxylic acids is 1. The lowest BCUT2D eigenvalue weighted by atomic mass is 9.95.